The van der Waals surface area contributed by atoms with Gasteiger partial charge in [-0.05, 0) is 72.9 Å². The fraction of sp³-hybridized carbons (Fsp3) is 0.500. The Kier molecular flexibility index (Phi) is 8.13. The standard InChI is InChI=1S/C14H20O3.C14H18O2/c1-9(2)10-5-6-11(8-15)12(7-10)14(3,4)13(16)17;1-9(2)10-5-6-11-8-16-13(15)14(3,4)12(11)7-10/h5-7,9,15H,8H2,1-4H3,(H,16,17);5-7,9H,8H2,1-4H3. The summed E-state index contributed by atoms with van der Waals surface area (Å²) in [6.07, 6.45) is 0. The molecule has 2 aromatic carbocycles. The van der Waals surface area contributed by atoms with E-state index in [1.54, 1.807) is 13.8 Å². The van der Waals surface area contributed by atoms with E-state index in [2.05, 4.69) is 45.9 Å². The lowest BCUT2D eigenvalue weighted by atomic mass is 9.79. The lowest BCUT2D eigenvalue weighted by molar-refractivity contribution is -0.152. The monoisotopic (exact) mass is 454 g/mol. The first-order valence-electron chi connectivity index (χ1n) is 11.5. The van der Waals surface area contributed by atoms with Gasteiger partial charge < -0.3 is 14.9 Å². The van der Waals surface area contributed by atoms with Gasteiger partial charge in [-0.3, -0.25) is 9.59 Å². The molecule has 2 N–H and O–H groups in total. The molecule has 1 aliphatic rings. The Morgan fingerprint density at radius 2 is 1.58 bits per heavy atom. The van der Waals surface area contributed by atoms with Crippen molar-refractivity contribution in [1.82, 2.24) is 0 Å². The number of benzene rings is 2. The maximum absolute atomic E-state index is 11.7. The molecule has 1 heterocycles. The van der Waals surface area contributed by atoms with Crippen LogP contribution in [0.1, 0.15) is 101 Å². The minimum atomic E-state index is -0.983. The van der Waals surface area contributed by atoms with Crippen LogP contribution in [0.3, 0.4) is 0 Å². The summed E-state index contributed by atoms with van der Waals surface area (Å²) in [6.45, 7) is 15.9. The van der Waals surface area contributed by atoms with Crippen LogP contribution in [0.5, 0.6) is 0 Å². The Balaban J connectivity index is 0.000000234. The number of carbonyl (C=O) groups excluding carboxylic acids is 1. The number of hydrogen-bond acceptors (Lipinski definition) is 4. The summed E-state index contributed by atoms with van der Waals surface area (Å²) in [6, 6.07) is 12.0. The van der Waals surface area contributed by atoms with Gasteiger partial charge in [0.05, 0.1) is 17.4 Å². The zero-order chi connectivity index (χ0) is 25.1. The second kappa shape index (κ2) is 10.1. The Morgan fingerprint density at radius 1 is 1.03 bits per heavy atom. The SMILES string of the molecule is CC(C)c1ccc(CO)c(C(C)(C)C(=O)O)c1.CC(C)c1ccc2c(c1)C(C)(C)C(=O)OC2. The van der Waals surface area contributed by atoms with Crippen LogP contribution in [0.2, 0.25) is 0 Å². The molecule has 0 saturated heterocycles. The number of aliphatic hydroxyl groups excluding tert-OH is 1. The summed E-state index contributed by atoms with van der Waals surface area (Å²) in [5.74, 6) is -0.181. The number of carbonyl (C=O) groups is 2. The van der Waals surface area contributed by atoms with Crippen LogP contribution in [-0.2, 0) is 38.4 Å². The third-order valence-corrected chi connectivity index (χ3v) is 6.52. The van der Waals surface area contributed by atoms with Crippen LogP contribution in [0.4, 0.5) is 0 Å². The Labute approximate surface area is 197 Å². The number of carboxylic acid groups (broad SMARTS) is 1. The first kappa shape index (κ1) is 26.6. The van der Waals surface area contributed by atoms with Crippen LogP contribution < -0.4 is 0 Å². The maximum Gasteiger partial charge on any atom is 0.316 e. The fourth-order valence-corrected chi connectivity index (χ4v) is 3.88. The summed E-state index contributed by atoms with van der Waals surface area (Å²) < 4.78 is 5.18. The van der Waals surface area contributed by atoms with Gasteiger partial charge in [0.1, 0.15) is 6.61 Å². The molecule has 0 fully saturated rings. The van der Waals surface area contributed by atoms with E-state index >= 15 is 0 Å². The molecule has 0 radical (unpaired) electrons. The molecule has 33 heavy (non-hydrogen) atoms. The number of fused-ring (bicyclic) bond motifs is 1. The van der Waals surface area contributed by atoms with Crippen molar-refractivity contribution in [2.45, 2.75) is 91.3 Å². The first-order valence-corrected chi connectivity index (χ1v) is 11.5. The van der Waals surface area contributed by atoms with Crippen molar-refractivity contribution in [1.29, 1.82) is 0 Å². The third kappa shape index (κ3) is 5.64. The molecule has 180 valence electrons. The Hall–Kier alpha value is -2.66. The van der Waals surface area contributed by atoms with Crippen LogP contribution in [0.15, 0.2) is 36.4 Å². The summed E-state index contributed by atoms with van der Waals surface area (Å²) in [4.78, 5) is 23.0. The van der Waals surface area contributed by atoms with Gasteiger partial charge >= 0.3 is 11.9 Å². The van der Waals surface area contributed by atoms with E-state index in [4.69, 9.17) is 4.74 Å². The Morgan fingerprint density at radius 3 is 2.09 bits per heavy atom. The largest absolute Gasteiger partial charge is 0.481 e. The maximum atomic E-state index is 11.7. The molecule has 0 aliphatic carbocycles. The highest BCUT2D eigenvalue weighted by atomic mass is 16.5. The van der Waals surface area contributed by atoms with Crippen LogP contribution in [0.25, 0.3) is 0 Å². The lowest BCUT2D eigenvalue weighted by Crippen LogP contribution is -2.36. The number of cyclic esters (lactones) is 1. The summed E-state index contributed by atoms with van der Waals surface area (Å²) in [5.41, 5.74) is 4.50. The molecule has 0 spiro atoms. The molecule has 0 saturated carbocycles. The molecule has 0 bridgehead atoms. The minimum absolute atomic E-state index is 0.124. The molecule has 3 rings (SSSR count). The fourth-order valence-electron chi connectivity index (χ4n) is 3.88. The number of aliphatic hydroxyl groups is 1. The van der Waals surface area contributed by atoms with Crippen LogP contribution in [0, 0.1) is 0 Å². The average molecular weight is 455 g/mol. The molecule has 1 aliphatic heterocycles. The van der Waals surface area contributed by atoms with Crippen molar-refractivity contribution < 1.29 is 24.5 Å². The summed E-state index contributed by atoms with van der Waals surface area (Å²) >= 11 is 0. The molecule has 0 atom stereocenters. The molecular formula is C28H38O5. The van der Waals surface area contributed by atoms with E-state index in [9.17, 15) is 19.8 Å². The molecule has 0 amide bonds. The number of rotatable bonds is 5. The van der Waals surface area contributed by atoms with Crippen molar-refractivity contribution >= 4 is 11.9 Å². The zero-order valence-electron chi connectivity index (χ0n) is 21.2. The molecule has 2 aromatic rings. The van der Waals surface area contributed by atoms with Crippen molar-refractivity contribution in [2.24, 2.45) is 0 Å². The van der Waals surface area contributed by atoms with Gasteiger partial charge in [-0.25, -0.2) is 0 Å². The van der Waals surface area contributed by atoms with Crippen molar-refractivity contribution in [3.63, 3.8) is 0 Å². The van der Waals surface area contributed by atoms with Gasteiger partial charge in [0.2, 0.25) is 0 Å². The van der Waals surface area contributed by atoms with E-state index in [1.807, 2.05) is 32.0 Å². The van der Waals surface area contributed by atoms with Crippen molar-refractivity contribution in [2.75, 3.05) is 0 Å². The predicted molar refractivity (Wildman–Crippen MR) is 130 cm³/mol. The number of esters is 1. The van der Waals surface area contributed by atoms with Gasteiger partial charge in [-0.1, -0.05) is 64.1 Å². The molecule has 5 nitrogen and oxygen atoms in total. The van der Waals surface area contributed by atoms with E-state index in [1.165, 1.54) is 5.56 Å². The van der Waals surface area contributed by atoms with E-state index in [0.29, 0.717) is 29.6 Å². The smallest absolute Gasteiger partial charge is 0.316 e. The van der Waals surface area contributed by atoms with Crippen LogP contribution in [-0.4, -0.2) is 22.2 Å². The number of aliphatic carboxylic acids is 1. The van der Waals surface area contributed by atoms with Gasteiger partial charge in [-0.15, -0.1) is 0 Å². The summed E-state index contributed by atoms with van der Waals surface area (Å²) in [5, 5.41) is 18.6. The highest BCUT2D eigenvalue weighted by Crippen LogP contribution is 2.35. The summed E-state index contributed by atoms with van der Waals surface area (Å²) in [7, 11) is 0. The minimum Gasteiger partial charge on any atom is -0.481 e. The predicted octanol–water partition coefficient (Wildman–Crippen LogP) is 5.81. The van der Waals surface area contributed by atoms with E-state index in [0.717, 1.165) is 16.7 Å². The quantitative estimate of drug-likeness (QED) is 0.557. The van der Waals surface area contributed by atoms with Crippen molar-refractivity contribution in [3.8, 4) is 0 Å². The van der Waals surface area contributed by atoms with Gasteiger partial charge in [-0.2, -0.15) is 0 Å². The zero-order valence-corrected chi connectivity index (χ0v) is 21.2. The Bertz CT molecular complexity index is 1010. The second-order valence-corrected chi connectivity index (χ2v) is 10.4. The van der Waals surface area contributed by atoms with Crippen molar-refractivity contribution in [3.05, 3.63) is 69.8 Å². The average Bonchev–Trinajstić information content (AvgIpc) is 2.76. The highest BCUT2D eigenvalue weighted by molar-refractivity contribution is 5.84. The molecule has 0 unspecified atom stereocenters. The van der Waals surface area contributed by atoms with Crippen LogP contribution >= 0.6 is 0 Å². The van der Waals surface area contributed by atoms with E-state index < -0.39 is 16.8 Å². The van der Waals surface area contributed by atoms with Gasteiger partial charge in [0.25, 0.3) is 0 Å². The third-order valence-electron chi connectivity index (χ3n) is 6.52. The second-order valence-electron chi connectivity index (χ2n) is 10.4. The molecule has 5 heteroatoms. The number of ether oxygens (including phenoxy) is 1. The van der Waals surface area contributed by atoms with E-state index in [-0.39, 0.29) is 12.6 Å². The molecular weight excluding hydrogens is 416 g/mol. The highest BCUT2D eigenvalue weighted by Gasteiger charge is 2.37. The van der Waals surface area contributed by atoms with Gasteiger partial charge in [0, 0.05) is 0 Å². The normalized spacial score (nSPS) is 14.9. The van der Waals surface area contributed by atoms with Gasteiger partial charge in [0.15, 0.2) is 0 Å². The number of carboxylic acids is 1. The molecule has 0 aromatic heterocycles. The topological polar surface area (TPSA) is 83.8 Å². The first-order chi connectivity index (χ1) is 15.2. The lowest BCUT2D eigenvalue weighted by Gasteiger charge is -2.31. The number of hydrogen-bond donors (Lipinski definition) is 2.